The third-order valence-electron chi connectivity index (χ3n) is 4.19. The van der Waals surface area contributed by atoms with Gasteiger partial charge in [-0.25, -0.2) is 14.8 Å². The highest BCUT2D eigenvalue weighted by Gasteiger charge is 2.18. The van der Waals surface area contributed by atoms with Gasteiger partial charge in [0.05, 0.1) is 10.6 Å². The minimum atomic E-state index is -0.00277. The average Bonchev–Trinajstić information content (AvgIpc) is 3.38. The van der Waals surface area contributed by atoms with Crippen LogP contribution in [0.5, 0.6) is 0 Å². The number of anilines is 1. The number of aromatic nitrogens is 2. The topological polar surface area (TPSA) is 70.2 Å². The molecule has 0 bridgehead atoms. The molecule has 1 aliphatic rings. The number of aryl methyl sites for hydroxylation is 1. The van der Waals surface area contributed by atoms with Crippen LogP contribution in [0.25, 0.3) is 20.3 Å². The average molecular weight is 386 g/mol. The van der Waals surface area contributed by atoms with Crippen LogP contribution >= 0.6 is 22.7 Å². The van der Waals surface area contributed by atoms with Gasteiger partial charge in [-0.15, -0.1) is 22.7 Å². The van der Waals surface area contributed by atoms with E-state index >= 15 is 0 Å². The normalized spacial score (nSPS) is 13.9. The molecule has 1 saturated heterocycles. The van der Waals surface area contributed by atoms with Crippen molar-refractivity contribution in [2.45, 2.75) is 6.92 Å². The van der Waals surface area contributed by atoms with Gasteiger partial charge in [0.2, 0.25) is 5.95 Å². The van der Waals surface area contributed by atoms with E-state index < -0.39 is 0 Å². The van der Waals surface area contributed by atoms with Crippen LogP contribution in [0.2, 0.25) is 0 Å². The van der Waals surface area contributed by atoms with E-state index in [1.54, 1.807) is 27.6 Å². The summed E-state index contributed by atoms with van der Waals surface area (Å²) in [4.78, 5) is 26.1. The maximum Gasteiger partial charge on any atom is 0.317 e. The molecule has 134 valence electrons. The predicted molar refractivity (Wildman–Crippen MR) is 107 cm³/mol. The van der Waals surface area contributed by atoms with E-state index in [2.05, 4.69) is 45.3 Å². The molecule has 1 aliphatic heterocycles. The fourth-order valence-electron chi connectivity index (χ4n) is 2.82. The number of hydrogen-bond acceptors (Lipinski definition) is 6. The second-order valence-electron chi connectivity index (χ2n) is 6.01. The molecule has 6 nitrogen and oxygen atoms in total. The zero-order valence-electron chi connectivity index (χ0n) is 14.4. The van der Waals surface area contributed by atoms with E-state index in [9.17, 15) is 4.79 Å². The zero-order valence-corrected chi connectivity index (χ0v) is 16.0. The van der Waals surface area contributed by atoms with Crippen LogP contribution in [0, 0.1) is 6.92 Å². The molecule has 4 rings (SSSR count). The van der Waals surface area contributed by atoms with Crippen molar-refractivity contribution < 1.29 is 4.79 Å². The van der Waals surface area contributed by atoms with E-state index in [4.69, 9.17) is 4.98 Å². The highest BCUT2D eigenvalue weighted by atomic mass is 32.1. The number of urea groups is 1. The van der Waals surface area contributed by atoms with E-state index in [-0.39, 0.29) is 6.03 Å². The minimum Gasteiger partial charge on any atom is -0.352 e. The fourth-order valence-corrected chi connectivity index (χ4v) is 4.72. The number of rotatable bonds is 6. The molecule has 0 spiro atoms. The standard InChI is InChI=1S/C18H19N5OS2/c1-12-11-21-17(19-6-8-23-9-7-20-18(23)24)22-16(12)15-5-4-14(26-15)13-3-2-10-25-13/h2-5,10-11H,6-9H2,1H3,(H,20,24)(H,19,21,22). The van der Waals surface area contributed by atoms with Crippen molar-refractivity contribution in [3.8, 4) is 20.3 Å². The van der Waals surface area contributed by atoms with Crippen molar-refractivity contribution in [1.29, 1.82) is 0 Å². The molecular weight excluding hydrogens is 366 g/mol. The lowest BCUT2D eigenvalue weighted by molar-refractivity contribution is 0.219. The summed E-state index contributed by atoms with van der Waals surface area (Å²) in [6, 6.07) is 8.46. The van der Waals surface area contributed by atoms with Crippen LogP contribution in [0.4, 0.5) is 10.7 Å². The van der Waals surface area contributed by atoms with Crippen LogP contribution in [0.3, 0.4) is 0 Å². The summed E-state index contributed by atoms with van der Waals surface area (Å²) in [7, 11) is 0. The molecule has 2 amide bonds. The summed E-state index contributed by atoms with van der Waals surface area (Å²) in [6.45, 7) is 4.76. The van der Waals surface area contributed by atoms with Crippen LogP contribution in [-0.4, -0.2) is 47.1 Å². The molecule has 3 aromatic rings. The number of carbonyl (C=O) groups is 1. The Bertz CT molecular complexity index is 906. The Morgan fingerprint density at radius 3 is 2.92 bits per heavy atom. The lowest BCUT2D eigenvalue weighted by Crippen LogP contribution is -2.32. The van der Waals surface area contributed by atoms with Gasteiger partial charge in [0.25, 0.3) is 0 Å². The van der Waals surface area contributed by atoms with Crippen molar-refractivity contribution in [2.75, 3.05) is 31.5 Å². The Morgan fingerprint density at radius 2 is 2.15 bits per heavy atom. The summed E-state index contributed by atoms with van der Waals surface area (Å²) in [5.74, 6) is 0.594. The third-order valence-corrected chi connectivity index (χ3v) is 6.34. The van der Waals surface area contributed by atoms with E-state index in [1.165, 1.54) is 9.75 Å². The molecule has 2 N–H and O–H groups in total. The molecule has 26 heavy (non-hydrogen) atoms. The third kappa shape index (κ3) is 3.56. The van der Waals surface area contributed by atoms with Gasteiger partial charge < -0.3 is 15.5 Å². The van der Waals surface area contributed by atoms with Crippen molar-refractivity contribution in [3.63, 3.8) is 0 Å². The Hall–Kier alpha value is -2.45. The van der Waals surface area contributed by atoms with Crippen LogP contribution < -0.4 is 10.6 Å². The first kappa shape index (κ1) is 17.0. The highest BCUT2D eigenvalue weighted by molar-refractivity contribution is 7.23. The molecule has 3 aromatic heterocycles. The van der Waals surface area contributed by atoms with Gasteiger partial charge in [-0.2, -0.15) is 0 Å². The maximum atomic E-state index is 11.6. The Labute approximate surface area is 159 Å². The van der Waals surface area contributed by atoms with Crippen LogP contribution in [-0.2, 0) is 0 Å². The molecule has 0 radical (unpaired) electrons. The largest absolute Gasteiger partial charge is 0.352 e. The van der Waals surface area contributed by atoms with Crippen LogP contribution in [0.1, 0.15) is 5.56 Å². The number of nitrogens with zero attached hydrogens (tertiary/aromatic N) is 3. The number of hydrogen-bond donors (Lipinski definition) is 2. The number of amides is 2. The molecule has 1 fully saturated rings. The summed E-state index contributed by atoms with van der Waals surface area (Å²) in [5, 5.41) is 8.12. The molecule has 0 unspecified atom stereocenters. The van der Waals surface area contributed by atoms with Crippen molar-refractivity contribution in [1.82, 2.24) is 20.2 Å². The molecular formula is C18H19N5OS2. The fraction of sp³-hybridized carbons (Fsp3) is 0.278. The minimum absolute atomic E-state index is 0.00277. The Morgan fingerprint density at radius 1 is 1.27 bits per heavy atom. The second kappa shape index (κ2) is 7.43. The van der Waals surface area contributed by atoms with Gasteiger partial charge >= 0.3 is 6.03 Å². The highest BCUT2D eigenvalue weighted by Crippen LogP contribution is 2.36. The first-order valence-electron chi connectivity index (χ1n) is 8.45. The van der Waals surface area contributed by atoms with E-state index in [0.29, 0.717) is 19.0 Å². The number of carbonyl (C=O) groups excluding carboxylic acids is 1. The summed E-state index contributed by atoms with van der Waals surface area (Å²) >= 11 is 3.49. The second-order valence-corrected chi connectivity index (χ2v) is 8.04. The Kier molecular flexibility index (Phi) is 4.85. The first-order valence-corrected chi connectivity index (χ1v) is 10.1. The van der Waals surface area contributed by atoms with Crippen molar-refractivity contribution in [2.24, 2.45) is 0 Å². The lowest BCUT2D eigenvalue weighted by atomic mass is 10.2. The molecule has 0 aromatic carbocycles. The lowest BCUT2D eigenvalue weighted by Gasteiger charge is -2.14. The van der Waals surface area contributed by atoms with Crippen molar-refractivity contribution in [3.05, 3.63) is 41.4 Å². The van der Waals surface area contributed by atoms with Gasteiger partial charge in [-0.05, 0) is 36.1 Å². The zero-order chi connectivity index (χ0) is 17.9. The summed E-state index contributed by atoms with van der Waals surface area (Å²) in [6.07, 6.45) is 1.85. The quantitative estimate of drug-likeness (QED) is 0.679. The molecule has 0 saturated carbocycles. The molecule has 8 heteroatoms. The van der Waals surface area contributed by atoms with E-state index in [0.717, 1.165) is 29.2 Å². The monoisotopic (exact) mass is 385 g/mol. The SMILES string of the molecule is Cc1cnc(NCCN2CCNC2=O)nc1-c1ccc(-c2cccs2)s1. The molecule has 0 atom stereocenters. The smallest absolute Gasteiger partial charge is 0.317 e. The number of thiophene rings is 2. The van der Waals surface area contributed by atoms with Gasteiger partial charge in [0.15, 0.2) is 0 Å². The van der Waals surface area contributed by atoms with Crippen molar-refractivity contribution >= 4 is 34.7 Å². The van der Waals surface area contributed by atoms with Gasteiger partial charge in [-0.1, -0.05) is 6.07 Å². The number of nitrogens with one attached hydrogen (secondary N) is 2. The van der Waals surface area contributed by atoms with Gasteiger partial charge in [0, 0.05) is 42.1 Å². The van der Waals surface area contributed by atoms with Gasteiger partial charge in [0.1, 0.15) is 0 Å². The molecule has 4 heterocycles. The van der Waals surface area contributed by atoms with E-state index in [1.807, 2.05) is 13.1 Å². The first-order chi connectivity index (χ1) is 12.7. The maximum absolute atomic E-state index is 11.6. The van der Waals surface area contributed by atoms with Gasteiger partial charge in [-0.3, -0.25) is 0 Å². The summed E-state index contributed by atoms with van der Waals surface area (Å²) < 4.78 is 0. The Balaban J connectivity index is 1.47. The predicted octanol–water partition coefficient (Wildman–Crippen LogP) is 3.68. The van der Waals surface area contributed by atoms with Crippen LogP contribution in [0.15, 0.2) is 35.8 Å². The molecule has 0 aliphatic carbocycles. The summed E-state index contributed by atoms with van der Waals surface area (Å²) in [5.41, 5.74) is 2.00.